The van der Waals surface area contributed by atoms with E-state index in [9.17, 15) is 13.8 Å². The molecule has 0 aliphatic rings. The van der Waals surface area contributed by atoms with Gasteiger partial charge >= 0.3 is 5.97 Å². The number of carbonyl (C=O) groups is 2. The average Bonchev–Trinajstić information content (AvgIpc) is 2.35. The summed E-state index contributed by atoms with van der Waals surface area (Å²) < 4.78 is 11.8. The molecule has 17 heavy (non-hydrogen) atoms. The Hall–Kier alpha value is -1.69. The smallest absolute Gasteiger partial charge is 0.335 e. The van der Waals surface area contributed by atoms with Gasteiger partial charge in [0.2, 0.25) is 5.91 Å². The number of hydrogen-bond donors (Lipinski definition) is 2. The van der Waals surface area contributed by atoms with Gasteiger partial charge < -0.3 is 10.4 Å². The second-order valence-corrected chi connectivity index (χ2v) is 4.88. The zero-order valence-corrected chi connectivity index (χ0v) is 10.1. The molecule has 5 nitrogen and oxygen atoms in total. The Bertz CT molecular complexity index is 459. The lowest BCUT2D eigenvalue weighted by Gasteiger charge is -2.03. The van der Waals surface area contributed by atoms with Crippen molar-refractivity contribution >= 4 is 22.7 Å². The molecular formula is C11H13NO4S. The normalized spacial score (nSPS) is 11.8. The summed E-state index contributed by atoms with van der Waals surface area (Å²) in [6.07, 6.45) is 0.153. The van der Waals surface area contributed by atoms with Crippen molar-refractivity contribution in [2.24, 2.45) is 0 Å². The van der Waals surface area contributed by atoms with Gasteiger partial charge in [0.05, 0.1) is 16.4 Å². The molecule has 0 spiro atoms. The van der Waals surface area contributed by atoms with Gasteiger partial charge in [-0.25, -0.2) is 4.79 Å². The second kappa shape index (κ2) is 6.15. The fourth-order valence-corrected chi connectivity index (χ4v) is 2.29. The van der Waals surface area contributed by atoms with Crippen molar-refractivity contribution < 1.29 is 18.9 Å². The van der Waals surface area contributed by atoms with Gasteiger partial charge in [0.25, 0.3) is 0 Å². The first-order valence-electron chi connectivity index (χ1n) is 4.97. The van der Waals surface area contributed by atoms with E-state index in [4.69, 9.17) is 5.11 Å². The van der Waals surface area contributed by atoms with Crippen LogP contribution in [0.5, 0.6) is 0 Å². The highest BCUT2D eigenvalue weighted by atomic mass is 32.2. The van der Waals surface area contributed by atoms with Crippen molar-refractivity contribution in [2.45, 2.75) is 11.3 Å². The van der Waals surface area contributed by atoms with Crippen molar-refractivity contribution in [1.29, 1.82) is 0 Å². The summed E-state index contributed by atoms with van der Waals surface area (Å²) in [5.74, 6) is -1.06. The van der Waals surface area contributed by atoms with Gasteiger partial charge in [-0.1, -0.05) is 6.07 Å². The summed E-state index contributed by atoms with van der Waals surface area (Å²) in [4.78, 5) is 22.1. The third kappa shape index (κ3) is 3.99. The molecule has 1 aromatic rings. The summed E-state index contributed by atoms with van der Waals surface area (Å²) in [6.45, 7) is 0. The van der Waals surface area contributed by atoms with Gasteiger partial charge in [0.15, 0.2) is 0 Å². The van der Waals surface area contributed by atoms with E-state index in [1.165, 1.54) is 25.2 Å². The number of benzene rings is 1. The van der Waals surface area contributed by atoms with Gasteiger partial charge in [-0.15, -0.1) is 0 Å². The summed E-state index contributed by atoms with van der Waals surface area (Å²) in [7, 11) is 0.154. The molecule has 1 unspecified atom stereocenters. The Kier molecular flexibility index (Phi) is 4.84. The largest absolute Gasteiger partial charge is 0.478 e. The van der Waals surface area contributed by atoms with E-state index >= 15 is 0 Å². The van der Waals surface area contributed by atoms with E-state index in [1.54, 1.807) is 6.07 Å². The molecule has 0 radical (unpaired) electrons. The topological polar surface area (TPSA) is 83.5 Å². The molecule has 0 fully saturated rings. The maximum absolute atomic E-state index is 11.8. The second-order valence-electron chi connectivity index (χ2n) is 3.31. The molecule has 2 N–H and O–H groups in total. The fraction of sp³-hybridized carbons (Fsp3) is 0.273. The molecule has 6 heteroatoms. The third-order valence-corrected chi connectivity index (χ3v) is 3.49. The lowest BCUT2D eigenvalue weighted by atomic mass is 10.2. The van der Waals surface area contributed by atoms with E-state index in [0.717, 1.165) is 0 Å². The van der Waals surface area contributed by atoms with Crippen LogP contribution in [-0.2, 0) is 15.6 Å². The predicted molar refractivity (Wildman–Crippen MR) is 63.4 cm³/mol. The highest BCUT2D eigenvalue weighted by Crippen LogP contribution is 2.10. The molecule has 1 amide bonds. The third-order valence-electron chi connectivity index (χ3n) is 2.14. The molecule has 0 aliphatic heterocycles. The van der Waals surface area contributed by atoms with E-state index in [2.05, 4.69) is 5.32 Å². The Morgan fingerprint density at radius 2 is 2.12 bits per heavy atom. The molecule has 1 atom stereocenters. The molecule has 0 bridgehead atoms. The van der Waals surface area contributed by atoms with Gasteiger partial charge in [-0.2, -0.15) is 0 Å². The van der Waals surface area contributed by atoms with Crippen molar-refractivity contribution in [3.63, 3.8) is 0 Å². The van der Waals surface area contributed by atoms with Crippen molar-refractivity contribution in [3.8, 4) is 0 Å². The Morgan fingerprint density at radius 1 is 1.41 bits per heavy atom. The van der Waals surface area contributed by atoms with E-state index in [0.29, 0.717) is 4.90 Å². The van der Waals surface area contributed by atoms with Gasteiger partial charge in [0.1, 0.15) is 0 Å². The highest BCUT2D eigenvalue weighted by Gasteiger charge is 2.09. The van der Waals surface area contributed by atoms with Crippen LogP contribution in [0, 0.1) is 0 Å². The molecule has 0 aromatic heterocycles. The first-order valence-corrected chi connectivity index (χ1v) is 6.29. The minimum Gasteiger partial charge on any atom is -0.478 e. The van der Waals surface area contributed by atoms with Gasteiger partial charge in [-0.3, -0.25) is 9.00 Å². The van der Waals surface area contributed by atoms with E-state index in [1.807, 2.05) is 0 Å². The van der Waals surface area contributed by atoms with Gasteiger partial charge in [-0.05, 0) is 18.2 Å². The zero-order chi connectivity index (χ0) is 12.8. The van der Waals surface area contributed by atoms with Crippen LogP contribution in [0.2, 0.25) is 0 Å². The molecule has 92 valence electrons. The number of hydrogen-bond acceptors (Lipinski definition) is 3. The minimum absolute atomic E-state index is 0.0933. The van der Waals surface area contributed by atoms with E-state index < -0.39 is 16.8 Å². The van der Waals surface area contributed by atoms with Crippen LogP contribution in [0.3, 0.4) is 0 Å². The maximum atomic E-state index is 11.8. The molecule has 0 heterocycles. The molecule has 0 saturated carbocycles. The number of amides is 1. The molecular weight excluding hydrogens is 242 g/mol. The standard InChI is InChI=1S/C11H13NO4S/c1-12-10(13)5-6-17(16)9-4-2-3-8(7-9)11(14)15/h2-4,7H,5-6H2,1H3,(H,12,13)(H,14,15). The minimum atomic E-state index is -1.36. The Morgan fingerprint density at radius 3 is 2.71 bits per heavy atom. The van der Waals surface area contributed by atoms with Crippen molar-refractivity contribution in [1.82, 2.24) is 5.32 Å². The zero-order valence-electron chi connectivity index (χ0n) is 9.30. The number of carbonyl (C=O) groups excluding carboxylic acids is 1. The Labute approximate surface area is 101 Å². The number of carboxylic acids is 1. The maximum Gasteiger partial charge on any atom is 0.335 e. The van der Waals surface area contributed by atoms with Crippen LogP contribution in [0.15, 0.2) is 29.2 Å². The Balaban J connectivity index is 2.72. The van der Waals surface area contributed by atoms with Crippen LogP contribution >= 0.6 is 0 Å². The monoisotopic (exact) mass is 255 g/mol. The fourth-order valence-electron chi connectivity index (χ4n) is 1.20. The van der Waals surface area contributed by atoms with Crippen LogP contribution in [0.4, 0.5) is 0 Å². The summed E-state index contributed by atoms with van der Waals surface area (Å²) in [5.41, 5.74) is 0.0933. The quantitative estimate of drug-likeness (QED) is 0.808. The summed E-state index contributed by atoms with van der Waals surface area (Å²) in [5, 5.41) is 11.2. The molecule has 1 aromatic carbocycles. The number of aromatic carboxylic acids is 1. The lowest BCUT2D eigenvalue weighted by molar-refractivity contribution is -0.120. The highest BCUT2D eigenvalue weighted by molar-refractivity contribution is 7.85. The first-order chi connectivity index (χ1) is 8.04. The SMILES string of the molecule is CNC(=O)CCS(=O)c1cccc(C(=O)O)c1. The van der Waals surface area contributed by atoms with Crippen LogP contribution in [0.25, 0.3) is 0 Å². The molecule has 1 rings (SSSR count). The average molecular weight is 255 g/mol. The summed E-state index contributed by atoms with van der Waals surface area (Å²) in [6, 6.07) is 5.92. The van der Waals surface area contributed by atoms with Crippen molar-refractivity contribution in [3.05, 3.63) is 29.8 Å². The van der Waals surface area contributed by atoms with Crippen molar-refractivity contribution in [2.75, 3.05) is 12.8 Å². The molecule has 0 saturated heterocycles. The van der Waals surface area contributed by atoms with E-state index in [-0.39, 0.29) is 23.6 Å². The van der Waals surface area contributed by atoms with Gasteiger partial charge in [0, 0.05) is 24.1 Å². The van der Waals surface area contributed by atoms with Crippen LogP contribution in [0.1, 0.15) is 16.8 Å². The first kappa shape index (κ1) is 13.4. The number of carboxylic acid groups (broad SMARTS) is 1. The van der Waals surface area contributed by atoms with Crippen LogP contribution in [-0.4, -0.2) is 34.0 Å². The number of nitrogens with one attached hydrogen (secondary N) is 1. The summed E-state index contributed by atoms with van der Waals surface area (Å²) >= 11 is 0. The predicted octanol–water partition coefficient (Wildman–Crippen LogP) is 0.628. The lowest BCUT2D eigenvalue weighted by Crippen LogP contribution is -2.19. The van der Waals surface area contributed by atoms with Crippen LogP contribution < -0.4 is 5.32 Å². The molecule has 0 aliphatic carbocycles. The number of rotatable bonds is 5.